The van der Waals surface area contributed by atoms with Crippen LogP contribution in [0.5, 0.6) is 5.75 Å². The minimum atomic E-state index is -0.836. The summed E-state index contributed by atoms with van der Waals surface area (Å²) in [6.45, 7) is 1.77. The summed E-state index contributed by atoms with van der Waals surface area (Å²) >= 11 is 0. The van der Waals surface area contributed by atoms with Crippen LogP contribution in [0.4, 0.5) is 5.69 Å². The lowest BCUT2D eigenvalue weighted by Crippen LogP contribution is -1.98. The van der Waals surface area contributed by atoms with Crippen molar-refractivity contribution >= 4 is 5.69 Å². The average molecular weight is 279 g/mol. The van der Waals surface area contributed by atoms with E-state index in [2.05, 4.69) is 10.1 Å². The summed E-state index contributed by atoms with van der Waals surface area (Å²) in [6, 6.07) is 4.39. The summed E-state index contributed by atoms with van der Waals surface area (Å²) < 4.78 is 10.1. The van der Waals surface area contributed by atoms with Gasteiger partial charge in [0.05, 0.1) is 17.6 Å². The molecule has 1 heterocycles. The number of aliphatic hydroxyl groups is 1. The van der Waals surface area contributed by atoms with Crippen molar-refractivity contribution in [3.63, 3.8) is 0 Å². The molecule has 0 spiro atoms. The van der Waals surface area contributed by atoms with Crippen LogP contribution in [0.1, 0.15) is 25.3 Å². The first-order valence-electron chi connectivity index (χ1n) is 5.91. The fraction of sp³-hybridized carbons (Fsp3) is 0.333. The quantitative estimate of drug-likeness (QED) is 0.658. The molecule has 0 saturated heterocycles. The molecule has 2 aromatic rings. The van der Waals surface area contributed by atoms with Gasteiger partial charge in [-0.3, -0.25) is 10.1 Å². The summed E-state index contributed by atoms with van der Waals surface area (Å²) in [7, 11) is 1.32. The van der Waals surface area contributed by atoms with E-state index in [0.29, 0.717) is 12.0 Å². The maximum absolute atomic E-state index is 10.9. The third-order valence-electron chi connectivity index (χ3n) is 2.75. The van der Waals surface area contributed by atoms with Crippen molar-refractivity contribution in [2.24, 2.45) is 0 Å². The highest BCUT2D eigenvalue weighted by molar-refractivity contribution is 5.69. The largest absolute Gasteiger partial charge is 0.490 e. The number of aromatic nitrogens is 2. The van der Waals surface area contributed by atoms with Gasteiger partial charge in [0, 0.05) is 6.07 Å². The van der Waals surface area contributed by atoms with E-state index >= 15 is 0 Å². The van der Waals surface area contributed by atoms with E-state index in [1.807, 2.05) is 0 Å². The van der Waals surface area contributed by atoms with Gasteiger partial charge in [-0.05, 0) is 12.5 Å². The van der Waals surface area contributed by atoms with Crippen molar-refractivity contribution in [3.8, 4) is 17.2 Å². The SMILES string of the molecule is CCC(O)c1noc(-c2cccc([N+](=O)[O-])c2OC)n1. The minimum Gasteiger partial charge on any atom is -0.490 e. The average Bonchev–Trinajstić information content (AvgIpc) is 2.95. The van der Waals surface area contributed by atoms with Crippen LogP contribution in [0, 0.1) is 10.1 Å². The molecule has 0 aliphatic heterocycles. The van der Waals surface area contributed by atoms with Gasteiger partial charge in [0.25, 0.3) is 5.89 Å². The monoisotopic (exact) mass is 279 g/mol. The molecule has 1 unspecified atom stereocenters. The molecule has 0 amide bonds. The minimum absolute atomic E-state index is 0.0405. The smallest absolute Gasteiger partial charge is 0.311 e. The van der Waals surface area contributed by atoms with Crippen LogP contribution in [-0.2, 0) is 0 Å². The Hall–Kier alpha value is -2.48. The number of ether oxygens (including phenoxy) is 1. The van der Waals surface area contributed by atoms with Crippen LogP contribution in [0.2, 0.25) is 0 Å². The molecular weight excluding hydrogens is 266 g/mol. The van der Waals surface area contributed by atoms with Crippen molar-refractivity contribution < 1.29 is 19.3 Å². The Labute approximate surface area is 114 Å². The number of rotatable bonds is 5. The summed E-state index contributed by atoms with van der Waals surface area (Å²) in [5.41, 5.74) is 0.115. The fourth-order valence-corrected chi connectivity index (χ4v) is 1.71. The van der Waals surface area contributed by atoms with Crippen LogP contribution >= 0.6 is 0 Å². The maximum Gasteiger partial charge on any atom is 0.311 e. The zero-order chi connectivity index (χ0) is 14.7. The van der Waals surface area contributed by atoms with E-state index in [1.54, 1.807) is 13.0 Å². The second kappa shape index (κ2) is 5.66. The van der Waals surface area contributed by atoms with Gasteiger partial charge in [0.1, 0.15) is 6.10 Å². The third kappa shape index (κ3) is 2.45. The number of hydrogen-bond acceptors (Lipinski definition) is 7. The molecule has 8 heteroatoms. The number of benzene rings is 1. The van der Waals surface area contributed by atoms with Crippen LogP contribution in [0.15, 0.2) is 22.7 Å². The number of nitrogens with zero attached hydrogens (tertiary/aromatic N) is 3. The summed E-state index contributed by atoms with van der Waals surface area (Å²) in [5, 5.41) is 24.2. The topological polar surface area (TPSA) is 112 Å². The Morgan fingerprint density at radius 1 is 1.55 bits per heavy atom. The van der Waals surface area contributed by atoms with Crippen LogP contribution in [0.3, 0.4) is 0 Å². The number of methoxy groups -OCH3 is 1. The highest BCUT2D eigenvalue weighted by Crippen LogP contribution is 2.37. The first kappa shape index (κ1) is 13.9. The predicted octanol–water partition coefficient (Wildman–Crippen LogP) is 2.10. The molecule has 1 aromatic carbocycles. The molecule has 0 radical (unpaired) electrons. The number of nitro benzene ring substituents is 1. The molecule has 20 heavy (non-hydrogen) atoms. The number of para-hydroxylation sites is 1. The zero-order valence-electron chi connectivity index (χ0n) is 10.9. The Morgan fingerprint density at radius 2 is 2.30 bits per heavy atom. The first-order chi connectivity index (χ1) is 9.58. The molecule has 0 fully saturated rings. The van der Waals surface area contributed by atoms with Crippen LogP contribution in [-0.4, -0.2) is 27.3 Å². The summed E-state index contributed by atoms with van der Waals surface area (Å²) in [6.07, 6.45) is -0.400. The van der Waals surface area contributed by atoms with Gasteiger partial charge in [-0.2, -0.15) is 4.98 Å². The molecule has 1 N–H and O–H groups in total. The van der Waals surface area contributed by atoms with E-state index in [9.17, 15) is 15.2 Å². The van der Waals surface area contributed by atoms with Gasteiger partial charge in [-0.15, -0.1) is 0 Å². The van der Waals surface area contributed by atoms with Gasteiger partial charge in [0.15, 0.2) is 0 Å². The van der Waals surface area contributed by atoms with E-state index in [-0.39, 0.29) is 23.2 Å². The summed E-state index contributed by atoms with van der Waals surface area (Å²) in [5.74, 6) is 0.239. The number of hydrogen-bond donors (Lipinski definition) is 1. The third-order valence-corrected chi connectivity index (χ3v) is 2.75. The second-order valence-electron chi connectivity index (χ2n) is 4.00. The maximum atomic E-state index is 10.9. The standard InChI is InChI=1S/C12H13N3O5/c1-3-9(16)11-13-12(20-14-11)7-5-4-6-8(15(17)18)10(7)19-2/h4-6,9,16H,3H2,1-2H3. The fourth-order valence-electron chi connectivity index (χ4n) is 1.71. The summed E-state index contributed by atoms with van der Waals surface area (Å²) in [4.78, 5) is 14.4. The van der Waals surface area contributed by atoms with Crippen molar-refractivity contribution in [1.82, 2.24) is 10.1 Å². The van der Waals surface area contributed by atoms with Gasteiger partial charge < -0.3 is 14.4 Å². The molecule has 0 aliphatic rings. The highest BCUT2D eigenvalue weighted by Gasteiger charge is 2.23. The molecule has 1 atom stereocenters. The lowest BCUT2D eigenvalue weighted by Gasteiger charge is -2.04. The van der Waals surface area contributed by atoms with E-state index in [0.717, 1.165) is 0 Å². The Morgan fingerprint density at radius 3 is 2.90 bits per heavy atom. The van der Waals surface area contributed by atoms with Crippen LogP contribution < -0.4 is 4.74 Å². The second-order valence-corrected chi connectivity index (χ2v) is 4.00. The first-order valence-corrected chi connectivity index (χ1v) is 5.91. The molecule has 1 aromatic heterocycles. The van der Waals surface area contributed by atoms with E-state index < -0.39 is 11.0 Å². The number of aliphatic hydroxyl groups excluding tert-OH is 1. The van der Waals surface area contributed by atoms with Gasteiger partial charge in [0.2, 0.25) is 11.6 Å². The highest BCUT2D eigenvalue weighted by atomic mass is 16.6. The van der Waals surface area contributed by atoms with Gasteiger partial charge in [-0.25, -0.2) is 0 Å². The number of nitro groups is 1. The Balaban J connectivity index is 2.50. The van der Waals surface area contributed by atoms with E-state index in [4.69, 9.17) is 9.26 Å². The molecule has 0 saturated carbocycles. The van der Waals surface area contributed by atoms with Crippen molar-refractivity contribution in [3.05, 3.63) is 34.1 Å². The zero-order valence-corrected chi connectivity index (χ0v) is 10.9. The lowest BCUT2D eigenvalue weighted by molar-refractivity contribution is -0.385. The lowest BCUT2D eigenvalue weighted by atomic mass is 10.1. The molecule has 2 rings (SSSR count). The molecule has 106 valence electrons. The van der Waals surface area contributed by atoms with Crippen molar-refractivity contribution in [1.29, 1.82) is 0 Å². The van der Waals surface area contributed by atoms with Gasteiger partial charge >= 0.3 is 5.69 Å². The Kier molecular flexibility index (Phi) is 3.94. The van der Waals surface area contributed by atoms with Gasteiger partial charge in [-0.1, -0.05) is 18.1 Å². The van der Waals surface area contributed by atoms with Crippen molar-refractivity contribution in [2.75, 3.05) is 7.11 Å². The normalized spacial score (nSPS) is 12.2. The van der Waals surface area contributed by atoms with Crippen molar-refractivity contribution in [2.45, 2.75) is 19.4 Å². The van der Waals surface area contributed by atoms with E-state index in [1.165, 1.54) is 19.2 Å². The Bertz CT molecular complexity index is 625. The molecule has 0 bridgehead atoms. The molecular formula is C12H13N3O5. The predicted molar refractivity (Wildman–Crippen MR) is 68.2 cm³/mol. The molecule has 8 nitrogen and oxygen atoms in total. The molecule has 0 aliphatic carbocycles. The van der Waals surface area contributed by atoms with Crippen LogP contribution in [0.25, 0.3) is 11.5 Å².